The van der Waals surface area contributed by atoms with E-state index in [0.29, 0.717) is 17.9 Å². The van der Waals surface area contributed by atoms with Gasteiger partial charge in [-0.3, -0.25) is 9.59 Å². The standard InChI is InChI=1S/C26H35FN2O2/c1-18(2)21-14-11-20(12-15-21)13-16-24(30)29(17-22-9-7-8-10-23(22)27)19(3)25(31)28-26(4,5)6/h7-12,14-15,18-19H,13,16-17H2,1-6H3,(H,28,31). The van der Waals surface area contributed by atoms with Crippen LogP contribution in [-0.4, -0.2) is 28.3 Å². The van der Waals surface area contributed by atoms with Crippen LogP contribution in [0.1, 0.15) is 70.6 Å². The second-order valence-corrected chi connectivity index (χ2v) is 9.42. The predicted octanol–water partition coefficient (Wildman–Crippen LogP) is 5.21. The summed E-state index contributed by atoms with van der Waals surface area (Å²) < 4.78 is 14.3. The first kappa shape index (κ1) is 24.6. The van der Waals surface area contributed by atoms with Crippen LogP contribution in [0.2, 0.25) is 0 Å². The fourth-order valence-corrected chi connectivity index (χ4v) is 3.33. The molecule has 0 saturated carbocycles. The Hall–Kier alpha value is -2.69. The molecule has 0 fully saturated rings. The van der Waals surface area contributed by atoms with Gasteiger partial charge in [-0.1, -0.05) is 56.3 Å². The molecule has 0 aliphatic rings. The summed E-state index contributed by atoms with van der Waals surface area (Å²) in [7, 11) is 0. The fourth-order valence-electron chi connectivity index (χ4n) is 3.33. The van der Waals surface area contributed by atoms with Crippen LogP contribution >= 0.6 is 0 Å². The number of carbonyl (C=O) groups excluding carboxylic acids is 2. The van der Waals surface area contributed by atoms with E-state index in [1.165, 1.54) is 16.5 Å². The van der Waals surface area contributed by atoms with Crippen LogP contribution in [0.5, 0.6) is 0 Å². The van der Waals surface area contributed by atoms with Gasteiger partial charge in [-0.2, -0.15) is 0 Å². The highest BCUT2D eigenvalue weighted by atomic mass is 19.1. The average molecular weight is 427 g/mol. The highest BCUT2D eigenvalue weighted by Gasteiger charge is 2.28. The number of nitrogens with zero attached hydrogens (tertiary/aromatic N) is 1. The molecule has 1 atom stereocenters. The molecular weight excluding hydrogens is 391 g/mol. The largest absolute Gasteiger partial charge is 0.350 e. The molecule has 2 amide bonds. The SMILES string of the molecule is CC(C)c1ccc(CCC(=O)N(Cc2ccccc2F)C(C)C(=O)NC(C)(C)C)cc1. The third-order valence-corrected chi connectivity index (χ3v) is 5.24. The molecule has 1 N–H and O–H groups in total. The Labute approximate surface area is 185 Å². The molecule has 0 bridgehead atoms. The molecule has 0 heterocycles. The second-order valence-electron chi connectivity index (χ2n) is 9.42. The third-order valence-electron chi connectivity index (χ3n) is 5.24. The van der Waals surface area contributed by atoms with E-state index in [1.807, 2.05) is 32.9 Å². The van der Waals surface area contributed by atoms with E-state index in [4.69, 9.17) is 0 Å². The monoisotopic (exact) mass is 426 g/mol. The average Bonchev–Trinajstić information content (AvgIpc) is 2.70. The van der Waals surface area contributed by atoms with Crippen LogP contribution < -0.4 is 5.32 Å². The molecule has 31 heavy (non-hydrogen) atoms. The van der Waals surface area contributed by atoms with Crippen LogP contribution in [0, 0.1) is 5.82 Å². The number of rotatable bonds is 8. The topological polar surface area (TPSA) is 49.4 Å². The van der Waals surface area contributed by atoms with Crippen molar-refractivity contribution in [1.29, 1.82) is 0 Å². The maximum atomic E-state index is 14.3. The zero-order valence-electron chi connectivity index (χ0n) is 19.5. The molecule has 0 aromatic heterocycles. The number of aryl methyl sites for hydroxylation is 1. The molecule has 0 spiro atoms. The first-order valence-corrected chi connectivity index (χ1v) is 10.9. The Morgan fingerprint density at radius 3 is 2.16 bits per heavy atom. The minimum Gasteiger partial charge on any atom is -0.350 e. The van der Waals surface area contributed by atoms with Gasteiger partial charge in [0.2, 0.25) is 11.8 Å². The zero-order chi connectivity index (χ0) is 23.2. The second kappa shape index (κ2) is 10.6. The number of amides is 2. The summed E-state index contributed by atoms with van der Waals surface area (Å²) in [6.07, 6.45) is 0.821. The van der Waals surface area contributed by atoms with Crippen molar-refractivity contribution < 1.29 is 14.0 Å². The number of hydrogen-bond donors (Lipinski definition) is 1. The minimum atomic E-state index is -0.713. The summed E-state index contributed by atoms with van der Waals surface area (Å²) in [4.78, 5) is 27.4. The predicted molar refractivity (Wildman–Crippen MR) is 123 cm³/mol. The molecule has 2 aromatic rings. The number of halogens is 1. The van der Waals surface area contributed by atoms with Crippen molar-refractivity contribution in [2.24, 2.45) is 0 Å². The Morgan fingerprint density at radius 2 is 1.61 bits per heavy atom. The van der Waals surface area contributed by atoms with E-state index in [9.17, 15) is 14.0 Å². The van der Waals surface area contributed by atoms with E-state index in [0.717, 1.165) is 5.56 Å². The summed E-state index contributed by atoms with van der Waals surface area (Å²) in [6, 6.07) is 13.9. The fraction of sp³-hybridized carbons (Fsp3) is 0.462. The zero-order valence-corrected chi connectivity index (χ0v) is 19.5. The van der Waals surface area contributed by atoms with Gasteiger partial charge in [-0.05, 0) is 57.2 Å². The van der Waals surface area contributed by atoms with E-state index < -0.39 is 11.6 Å². The van der Waals surface area contributed by atoms with Crippen molar-refractivity contribution in [3.8, 4) is 0 Å². The summed E-state index contributed by atoms with van der Waals surface area (Å²) in [5.74, 6) is -0.353. The molecule has 2 rings (SSSR count). The Bertz CT molecular complexity index is 885. The van der Waals surface area contributed by atoms with Gasteiger partial charge in [0.15, 0.2) is 0 Å². The summed E-state index contributed by atoms with van der Waals surface area (Å²) in [5, 5.41) is 2.92. The van der Waals surface area contributed by atoms with Crippen molar-refractivity contribution in [3.05, 3.63) is 71.0 Å². The number of carbonyl (C=O) groups is 2. The molecule has 0 aliphatic carbocycles. The lowest BCUT2D eigenvalue weighted by molar-refractivity contribution is -0.141. The van der Waals surface area contributed by atoms with Crippen LogP contribution in [-0.2, 0) is 22.6 Å². The quantitative estimate of drug-likeness (QED) is 0.630. The lowest BCUT2D eigenvalue weighted by Crippen LogP contribution is -2.52. The molecule has 4 nitrogen and oxygen atoms in total. The molecule has 1 unspecified atom stereocenters. The van der Waals surface area contributed by atoms with Crippen LogP contribution in [0.25, 0.3) is 0 Å². The number of nitrogens with one attached hydrogen (secondary N) is 1. The first-order chi connectivity index (χ1) is 14.5. The third kappa shape index (κ3) is 7.50. The Kier molecular flexibility index (Phi) is 8.37. The molecule has 0 aliphatic heterocycles. The van der Waals surface area contributed by atoms with E-state index in [-0.39, 0.29) is 30.6 Å². The van der Waals surface area contributed by atoms with Gasteiger partial charge >= 0.3 is 0 Å². The normalized spacial score (nSPS) is 12.5. The molecule has 0 saturated heterocycles. The van der Waals surface area contributed by atoms with E-state index in [2.05, 4.69) is 31.3 Å². The lowest BCUT2D eigenvalue weighted by Gasteiger charge is -2.31. The van der Waals surface area contributed by atoms with Gasteiger partial charge in [0.1, 0.15) is 11.9 Å². The molecule has 2 aromatic carbocycles. The highest BCUT2D eigenvalue weighted by molar-refractivity contribution is 5.87. The van der Waals surface area contributed by atoms with E-state index >= 15 is 0 Å². The van der Waals surface area contributed by atoms with Gasteiger partial charge in [0, 0.05) is 24.1 Å². The highest BCUT2D eigenvalue weighted by Crippen LogP contribution is 2.18. The lowest BCUT2D eigenvalue weighted by atomic mass is 10.00. The number of hydrogen-bond acceptors (Lipinski definition) is 2. The van der Waals surface area contributed by atoms with Gasteiger partial charge in [-0.25, -0.2) is 4.39 Å². The van der Waals surface area contributed by atoms with Gasteiger partial charge in [0.25, 0.3) is 0 Å². The summed E-state index contributed by atoms with van der Waals surface area (Å²) >= 11 is 0. The van der Waals surface area contributed by atoms with Crippen LogP contribution in [0.4, 0.5) is 4.39 Å². The van der Waals surface area contributed by atoms with Gasteiger partial charge in [-0.15, -0.1) is 0 Å². The summed E-state index contributed by atoms with van der Waals surface area (Å²) in [6.45, 7) is 11.7. The van der Waals surface area contributed by atoms with Crippen molar-refractivity contribution in [3.63, 3.8) is 0 Å². The van der Waals surface area contributed by atoms with Gasteiger partial charge < -0.3 is 10.2 Å². The Balaban J connectivity index is 2.16. The molecule has 0 radical (unpaired) electrons. The smallest absolute Gasteiger partial charge is 0.242 e. The van der Waals surface area contributed by atoms with Crippen molar-refractivity contribution in [2.45, 2.75) is 78.4 Å². The van der Waals surface area contributed by atoms with E-state index in [1.54, 1.807) is 25.1 Å². The van der Waals surface area contributed by atoms with Crippen molar-refractivity contribution in [1.82, 2.24) is 10.2 Å². The molecule has 5 heteroatoms. The van der Waals surface area contributed by atoms with Crippen LogP contribution in [0.3, 0.4) is 0 Å². The van der Waals surface area contributed by atoms with Crippen molar-refractivity contribution in [2.75, 3.05) is 0 Å². The maximum Gasteiger partial charge on any atom is 0.242 e. The van der Waals surface area contributed by atoms with Crippen molar-refractivity contribution >= 4 is 11.8 Å². The number of benzene rings is 2. The minimum absolute atomic E-state index is 0.0521. The molecular formula is C26H35FN2O2. The maximum absolute atomic E-state index is 14.3. The van der Waals surface area contributed by atoms with Crippen LogP contribution in [0.15, 0.2) is 48.5 Å². The Morgan fingerprint density at radius 1 is 1.00 bits per heavy atom. The first-order valence-electron chi connectivity index (χ1n) is 10.9. The van der Waals surface area contributed by atoms with Gasteiger partial charge in [0.05, 0.1) is 0 Å². The summed E-state index contributed by atoms with van der Waals surface area (Å²) in [5.41, 5.74) is 2.29. The molecule has 168 valence electrons.